The molecule has 2 heterocycles. The highest BCUT2D eigenvalue weighted by atomic mass is 32.1. The van der Waals surface area contributed by atoms with Crippen LogP contribution in [0, 0.1) is 17.0 Å². The summed E-state index contributed by atoms with van der Waals surface area (Å²) >= 11 is 2.84. The van der Waals surface area contributed by atoms with Crippen molar-refractivity contribution >= 4 is 34.3 Å². The Balaban J connectivity index is 1.75. The van der Waals surface area contributed by atoms with Crippen molar-refractivity contribution in [3.05, 3.63) is 61.3 Å². The third-order valence-corrected chi connectivity index (χ3v) is 5.37. The number of phenolic OH excluding ortho intramolecular Hbond substituents is 1. The molecular weight excluding hydrogens is 362 g/mol. The Morgan fingerprint density at radius 2 is 2.20 bits per heavy atom. The predicted molar refractivity (Wildman–Crippen MR) is 96.1 cm³/mol. The number of nitro benzene ring substituents is 1. The molecule has 25 heavy (non-hydrogen) atoms. The summed E-state index contributed by atoms with van der Waals surface area (Å²) in [4.78, 5) is 27.6. The van der Waals surface area contributed by atoms with Crippen LogP contribution in [-0.2, 0) is 6.54 Å². The minimum Gasteiger partial charge on any atom is -0.508 e. The monoisotopic (exact) mass is 375 g/mol. The van der Waals surface area contributed by atoms with Crippen molar-refractivity contribution in [2.24, 2.45) is 0 Å². The zero-order chi connectivity index (χ0) is 18.0. The van der Waals surface area contributed by atoms with Crippen molar-refractivity contribution in [3.63, 3.8) is 0 Å². The second-order valence-corrected chi connectivity index (χ2v) is 6.98. The van der Waals surface area contributed by atoms with Gasteiger partial charge in [0.05, 0.1) is 10.6 Å². The zero-order valence-electron chi connectivity index (χ0n) is 13.1. The minimum absolute atomic E-state index is 0.0164. The number of non-ortho nitro benzene ring substituents is 1. The SMILES string of the molecule is Cc1nc(-c2ccsc2)sc1C(=O)NCc1cc([N+](=O)[O-])ccc1O. The van der Waals surface area contributed by atoms with Gasteiger partial charge in [-0.3, -0.25) is 14.9 Å². The number of aryl methyl sites for hydroxylation is 1. The van der Waals surface area contributed by atoms with Gasteiger partial charge < -0.3 is 10.4 Å². The average molecular weight is 375 g/mol. The van der Waals surface area contributed by atoms with E-state index >= 15 is 0 Å². The second kappa shape index (κ2) is 6.99. The summed E-state index contributed by atoms with van der Waals surface area (Å²) in [6.45, 7) is 1.74. The molecule has 3 rings (SSSR count). The number of nitrogens with zero attached hydrogens (tertiary/aromatic N) is 2. The molecule has 128 valence electrons. The van der Waals surface area contributed by atoms with Gasteiger partial charge in [-0.2, -0.15) is 11.3 Å². The number of carbonyl (C=O) groups excluding carboxylic acids is 1. The third-order valence-electron chi connectivity index (χ3n) is 3.48. The molecule has 0 unspecified atom stereocenters. The van der Waals surface area contributed by atoms with E-state index in [0.29, 0.717) is 10.6 Å². The Kier molecular flexibility index (Phi) is 4.77. The van der Waals surface area contributed by atoms with Crippen LogP contribution in [0.5, 0.6) is 5.75 Å². The highest BCUT2D eigenvalue weighted by Gasteiger charge is 2.17. The van der Waals surface area contributed by atoms with Crippen LogP contribution in [-0.4, -0.2) is 20.9 Å². The number of thiazole rings is 1. The summed E-state index contributed by atoms with van der Waals surface area (Å²) in [7, 11) is 0. The number of rotatable bonds is 5. The van der Waals surface area contributed by atoms with Gasteiger partial charge >= 0.3 is 0 Å². The van der Waals surface area contributed by atoms with E-state index in [0.717, 1.165) is 10.6 Å². The molecule has 0 saturated carbocycles. The topological polar surface area (TPSA) is 105 Å². The van der Waals surface area contributed by atoms with E-state index in [1.165, 1.54) is 29.5 Å². The number of hydrogen-bond acceptors (Lipinski definition) is 7. The molecule has 1 amide bonds. The minimum atomic E-state index is -0.550. The molecule has 0 aliphatic heterocycles. The van der Waals surface area contributed by atoms with E-state index in [9.17, 15) is 20.0 Å². The summed E-state index contributed by atoms with van der Waals surface area (Å²) in [5.74, 6) is -0.437. The normalized spacial score (nSPS) is 10.6. The molecule has 0 atom stereocenters. The van der Waals surface area contributed by atoms with E-state index < -0.39 is 4.92 Å². The fourth-order valence-corrected chi connectivity index (χ4v) is 3.89. The lowest BCUT2D eigenvalue weighted by Gasteiger charge is -2.06. The van der Waals surface area contributed by atoms with Gasteiger partial charge in [0.1, 0.15) is 15.6 Å². The molecule has 9 heteroatoms. The highest BCUT2D eigenvalue weighted by Crippen LogP contribution is 2.29. The fraction of sp³-hybridized carbons (Fsp3) is 0.125. The Bertz CT molecular complexity index is 935. The van der Waals surface area contributed by atoms with Crippen LogP contribution in [0.3, 0.4) is 0 Å². The first-order valence-corrected chi connectivity index (χ1v) is 8.96. The molecule has 3 aromatic rings. The molecule has 2 aromatic heterocycles. The number of nitro groups is 1. The van der Waals surface area contributed by atoms with Gasteiger partial charge in [-0.05, 0) is 24.4 Å². The predicted octanol–water partition coefficient (Wildman–Crippen LogP) is 3.72. The maximum atomic E-state index is 12.4. The molecule has 7 nitrogen and oxygen atoms in total. The molecule has 2 N–H and O–H groups in total. The Hall–Kier alpha value is -2.78. The molecule has 0 aliphatic carbocycles. The van der Waals surface area contributed by atoms with Gasteiger partial charge in [0.2, 0.25) is 0 Å². The van der Waals surface area contributed by atoms with Crippen LogP contribution in [0.25, 0.3) is 10.6 Å². The highest BCUT2D eigenvalue weighted by molar-refractivity contribution is 7.17. The van der Waals surface area contributed by atoms with Crippen molar-refractivity contribution in [2.75, 3.05) is 0 Å². The summed E-state index contributed by atoms with van der Waals surface area (Å²) in [6.07, 6.45) is 0. The number of phenols is 1. The Morgan fingerprint density at radius 3 is 2.88 bits per heavy atom. The van der Waals surface area contributed by atoms with Gasteiger partial charge in [0.25, 0.3) is 11.6 Å². The standard InChI is InChI=1S/C16H13N3O4S2/c1-9-14(25-16(18-9)10-4-5-24-8-10)15(21)17-7-11-6-12(19(22)23)2-3-13(11)20/h2-6,8,20H,7H2,1H3,(H,17,21). The number of hydrogen-bond donors (Lipinski definition) is 2. The molecule has 0 spiro atoms. The molecular formula is C16H13N3O4S2. The van der Waals surface area contributed by atoms with E-state index in [4.69, 9.17) is 0 Å². The second-order valence-electron chi connectivity index (χ2n) is 5.20. The lowest BCUT2D eigenvalue weighted by Crippen LogP contribution is -2.22. The van der Waals surface area contributed by atoms with Crippen molar-refractivity contribution < 1.29 is 14.8 Å². The quantitative estimate of drug-likeness (QED) is 0.522. The smallest absolute Gasteiger partial charge is 0.270 e. The Morgan fingerprint density at radius 1 is 1.40 bits per heavy atom. The number of nitrogens with one attached hydrogen (secondary N) is 1. The lowest BCUT2D eigenvalue weighted by molar-refractivity contribution is -0.384. The van der Waals surface area contributed by atoms with Gasteiger partial charge in [-0.1, -0.05) is 0 Å². The van der Waals surface area contributed by atoms with E-state index in [1.807, 2.05) is 16.8 Å². The zero-order valence-corrected chi connectivity index (χ0v) is 14.7. The first-order valence-electron chi connectivity index (χ1n) is 7.20. The van der Waals surface area contributed by atoms with Gasteiger partial charge in [0.15, 0.2) is 0 Å². The van der Waals surface area contributed by atoms with Crippen LogP contribution < -0.4 is 5.32 Å². The molecule has 0 fully saturated rings. The summed E-state index contributed by atoms with van der Waals surface area (Å²) in [5.41, 5.74) is 1.72. The molecule has 0 saturated heterocycles. The Labute approximate surface area is 150 Å². The van der Waals surface area contributed by atoms with Crippen LogP contribution in [0.2, 0.25) is 0 Å². The maximum absolute atomic E-state index is 12.4. The third kappa shape index (κ3) is 3.67. The van der Waals surface area contributed by atoms with Crippen molar-refractivity contribution in [2.45, 2.75) is 13.5 Å². The summed E-state index contributed by atoms with van der Waals surface area (Å²) in [5, 5.41) is 28.0. The number of amides is 1. The summed E-state index contributed by atoms with van der Waals surface area (Å²) < 4.78 is 0. The van der Waals surface area contributed by atoms with E-state index in [-0.39, 0.29) is 29.5 Å². The van der Waals surface area contributed by atoms with Crippen LogP contribution in [0.4, 0.5) is 5.69 Å². The van der Waals surface area contributed by atoms with E-state index in [2.05, 4.69) is 10.3 Å². The number of aromatic hydroxyl groups is 1. The van der Waals surface area contributed by atoms with Crippen LogP contribution >= 0.6 is 22.7 Å². The maximum Gasteiger partial charge on any atom is 0.270 e. The number of carbonyl (C=O) groups is 1. The van der Waals surface area contributed by atoms with Gasteiger partial charge in [0, 0.05) is 35.2 Å². The van der Waals surface area contributed by atoms with Gasteiger partial charge in [-0.15, -0.1) is 11.3 Å². The molecule has 1 aromatic carbocycles. The van der Waals surface area contributed by atoms with Crippen molar-refractivity contribution in [1.29, 1.82) is 0 Å². The van der Waals surface area contributed by atoms with Crippen LogP contribution in [0.15, 0.2) is 35.0 Å². The number of benzene rings is 1. The number of aromatic nitrogens is 1. The lowest BCUT2D eigenvalue weighted by atomic mass is 10.1. The van der Waals surface area contributed by atoms with Crippen LogP contribution in [0.1, 0.15) is 20.9 Å². The first-order chi connectivity index (χ1) is 12.0. The largest absolute Gasteiger partial charge is 0.508 e. The first kappa shape index (κ1) is 17.1. The molecule has 0 radical (unpaired) electrons. The number of thiophene rings is 1. The fourth-order valence-electron chi connectivity index (χ4n) is 2.20. The molecule has 0 bridgehead atoms. The summed E-state index contributed by atoms with van der Waals surface area (Å²) in [6, 6.07) is 5.63. The van der Waals surface area contributed by atoms with Crippen molar-refractivity contribution in [1.82, 2.24) is 10.3 Å². The molecule has 0 aliphatic rings. The van der Waals surface area contributed by atoms with Gasteiger partial charge in [-0.25, -0.2) is 4.98 Å². The average Bonchev–Trinajstić information content (AvgIpc) is 3.23. The van der Waals surface area contributed by atoms with E-state index in [1.54, 1.807) is 18.3 Å². The van der Waals surface area contributed by atoms with Crippen molar-refractivity contribution in [3.8, 4) is 16.3 Å².